The molecule has 13 heavy (non-hydrogen) atoms. The van der Waals surface area contributed by atoms with E-state index in [4.69, 9.17) is 0 Å². The highest BCUT2D eigenvalue weighted by molar-refractivity contribution is 14.1. The molecule has 0 aliphatic carbocycles. The number of carbonyl (C=O) groups excluding carboxylic acids is 1. The van der Waals surface area contributed by atoms with Crippen LogP contribution in [0.15, 0.2) is 0 Å². The molecule has 0 spiro atoms. The van der Waals surface area contributed by atoms with Gasteiger partial charge in [0.25, 0.3) is 0 Å². The number of alkyl halides is 1. The van der Waals surface area contributed by atoms with Crippen molar-refractivity contribution in [1.82, 2.24) is 5.32 Å². The van der Waals surface area contributed by atoms with E-state index < -0.39 is 0 Å². The third-order valence-corrected chi connectivity index (χ3v) is 3.04. The molecule has 1 unspecified atom stereocenters. The van der Waals surface area contributed by atoms with Crippen LogP contribution in [0.25, 0.3) is 0 Å². The molecule has 0 aromatic heterocycles. The summed E-state index contributed by atoms with van der Waals surface area (Å²) < 4.78 is 1.17. The predicted octanol–water partition coefficient (Wildman–Crippen LogP) is 2.61. The second kappa shape index (κ2) is 7.59. The van der Waals surface area contributed by atoms with E-state index >= 15 is 0 Å². The lowest BCUT2D eigenvalue weighted by Gasteiger charge is -2.14. The maximum Gasteiger partial charge on any atom is 0.223 e. The van der Waals surface area contributed by atoms with E-state index in [9.17, 15) is 4.79 Å². The van der Waals surface area contributed by atoms with Gasteiger partial charge >= 0.3 is 0 Å². The summed E-state index contributed by atoms with van der Waals surface area (Å²) in [5.41, 5.74) is 0. The molecular formula is C10H20INO. The Labute approximate surface area is 95.0 Å². The Morgan fingerprint density at radius 2 is 1.92 bits per heavy atom. The first-order chi connectivity index (χ1) is 6.09. The van der Waals surface area contributed by atoms with Crippen molar-refractivity contribution >= 4 is 28.5 Å². The summed E-state index contributed by atoms with van der Waals surface area (Å²) in [7, 11) is 0. The van der Waals surface area contributed by atoms with Crippen molar-refractivity contribution in [3.63, 3.8) is 0 Å². The monoisotopic (exact) mass is 297 g/mol. The molecule has 0 bridgehead atoms. The van der Waals surface area contributed by atoms with Gasteiger partial charge in [0.2, 0.25) is 5.91 Å². The van der Waals surface area contributed by atoms with Crippen molar-refractivity contribution in [2.45, 2.75) is 33.6 Å². The molecule has 2 nitrogen and oxygen atoms in total. The normalized spacial score (nSPS) is 13.0. The second-order valence-electron chi connectivity index (χ2n) is 3.72. The van der Waals surface area contributed by atoms with Crippen LogP contribution < -0.4 is 5.32 Å². The summed E-state index contributed by atoms with van der Waals surface area (Å²) in [6, 6.07) is 0. The third-order valence-electron chi connectivity index (χ3n) is 2.27. The molecule has 0 aliphatic heterocycles. The first-order valence-corrected chi connectivity index (χ1v) is 6.45. The topological polar surface area (TPSA) is 29.1 Å². The van der Waals surface area contributed by atoms with E-state index in [2.05, 4.69) is 41.8 Å². The molecule has 0 aromatic carbocycles. The Bertz CT molecular complexity index is 148. The van der Waals surface area contributed by atoms with Crippen molar-refractivity contribution in [3.05, 3.63) is 0 Å². The zero-order valence-electron chi connectivity index (χ0n) is 8.77. The Hall–Kier alpha value is 0.200. The first kappa shape index (κ1) is 13.2. The molecule has 0 radical (unpaired) electrons. The van der Waals surface area contributed by atoms with Gasteiger partial charge in [-0.2, -0.15) is 0 Å². The lowest BCUT2D eigenvalue weighted by Crippen LogP contribution is -2.32. The highest BCUT2D eigenvalue weighted by Crippen LogP contribution is 2.08. The maximum atomic E-state index is 11.4. The van der Waals surface area contributed by atoms with Crippen LogP contribution in [-0.4, -0.2) is 16.9 Å². The average Bonchev–Trinajstić information content (AvgIpc) is 2.10. The summed E-state index contributed by atoms with van der Waals surface area (Å²) in [6.45, 7) is 6.97. The molecule has 0 aliphatic rings. The molecule has 0 fully saturated rings. The Balaban J connectivity index is 3.50. The molecule has 1 amide bonds. The summed E-state index contributed by atoms with van der Waals surface area (Å²) in [6.07, 6.45) is 2.29. The van der Waals surface area contributed by atoms with Gasteiger partial charge in [0, 0.05) is 12.5 Å². The lowest BCUT2D eigenvalue weighted by atomic mass is 9.97. The molecular weight excluding hydrogens is 277 g/mol. The van der Waals surface area contributed by atoms with Crippen LogP contribution in [-0.2, 0) is 4.79 Å². The lowest BCUT2D eigenvalue weighted by molar-refractivity contribution is -0.125. The number of carbonyl (C=O) groups is 1. The second-order valence-corrected chi connectivity index (χ2v) is 4.80. The largest absolute Gasteiger partial charge is 0.356 e. The number of unbranched alkanes of at least 4 members (excludes halogenated alkanes) is 1. The van der Waals surface area contributed by atoms with Gasteiger partial charge in [-0.1, -0.05) is 43.4 Å². The molecule has 3 heteroatoms. The minimum Gasteiger partial charge on any atom is -0.356 e. The molecule has 1 atom stereocenters. The molecule has 0 saturated carbocycles. The van der Waals surface area contributed by atoms with Gasteiger partial charge in [0.05, 0.1) is 0 Å². The summed E-state index contributed by atoms with van der Waals surface area (Å²) >= 11 is 2.36. The molecule has 0 heterocycles. The highest BCUT2D eigenvalue weighted by atomic mass is 127. The van der Waals surface area contributed by atoms with E-state index in [0.717, 1.165) is 13.0 Å². The van der Waals surface area contributed by atoms with E-state index in [1.54, 1.807) is 0 Å². The van der Waals surface area contributed by atoms with Crippen LogP contribution >= 0.6 is 22.6 Å². The molecule has 0 saturated heterocycles. The van der Waals surface area contributed by atoms with E-state index in [1.807, 2.05) is 6.92 Å². The zero-order valence-corrected chi connectivity index (χ0v) is 10.9. The fourth-order valence-electron chi connectivity index (χ4n) is 0.895. The Morgan fingerprint density at radius 1 is 1.31 bits per heavy atom. The Kier molecular flexibility index (Phi) is 7.71. The van der Waals surface area contributed by atoms with Gasteiger partial charge in [-0.3, -0.25) is 4.79 Å². The van der Waals surface area contributed by atoms with Gasteiger partial charge in [-0.15, -0.1) is 0 Å². The standard InChI is InChI=1S/C10H20INO/c1-8(2)9(3)10(13)12-7-5-4-6-11/h8-9H,4-7H2,1-3H3,(H,12,13). The molecule has 0 rings (SSSR count). The van der Waals surface area contributed by atoms with Crippen LogP contribution in [0, 0.1) is 11.8 Å². The maximum absolute atomic E-state index is 11.4. The number of nitrogens with one attached hydrogen (secondary N) is 1. The van der Waals surface area contributed by atoms with E-state index in [0.29, 0.717) is 5.92 Å². The van der Waals surface area contributed by atoms with E-state index in [-0.39, 0.29) is 11.8 Å². The van der Waals surface area contributed by atoms with Crippen LogP contribution in [0.5, 0.6) is 0 Å². The summed E-state index contributed by atoms with van der Waals surface area (Å²) in [5.74, 6) is 0.771. The van der Waals surface area contributed by atoms with Crippen molar-refractivity contribution in [1.29, 1.82) is 0 Å². The first-order valence-electron chi connectivity index (χ1n) is 4.93. The fraction of sp³-hybridized carbons (Fsp3) is 0.900. The minimum atomic E-state index is 0.139. The van der Waals surface area contributed by atoms with Gasteiger partial charge < -0.3 is 5.32 Å². The number of amides is 1. The van der Waals surface area contributed by atoms with Gasteiger partial charge in [-0.25, -0.2) is 0 Å². The van der Waals surface area contributed by atoms with E-state index in [1.165, 1.54) is 10.8 Å². The van der Waals surface area contributed by atoms with Crippen molar-refractivity contribution < 1.29 is 4.79 Å². The van der Waals surface area contributed by atoms with Gasteiger partial charge in [-0.05, 0) is 23.2 Å². The number of rotatable bonds is 6. The third kappa shape index (κ3) is 6.29. The number of hydrogen-bond acceptors (Lipinski definition) is 1. The number of hydrogen-bond donors (Lipinski definition) is 1. The van der Waals surface area contributed by atoms with Gasteiger partial charge in [0.15, 0.2) is 0 Å². The van der Waals surface area contributed by atoms with Crippen LogP contribution in [0.2, 0.25) is 0 Å². The summed E-state index contributed by atoms with van der Waals surface area (Å²) in [5, 5.41) is 2.96. The summed E-state index contributed by atoms with van der Waals surface area (Å²) in [4.78, 5) is 11.4. The molecule has 0 aromatic rings. The fourth-order valence-corrected chi connectivity index (χ4v) is 1.43. The average molecular weight is 297 g/mol. The van der Waals surface area contributed by atoms with Crippen LogP contribution in [0.3, 0.4) is 0 Å². The number of halogens is 1. The van der Waals surface area contributed by atoms with Crippen LogP contribution in [0.4, 0.5) is 0 Å². The molecule has 78 valence electrons. The predicted molar refractivity (Wildman–Crippen MR) is 65.1 cm³/mol. The van der Waals surface area contributed by atoms with Gasteiger partial charge in [0.1, 0.15) is 0 Å². The quantitative estimate of drug-likeness (QED) is 0.456. The smallest absolute Gasteiger partial charge is 0.223 e. The minimum absolute atomic E-state index is 0.139. The molecule has 1 N–H and O–H groups in total. The van der Waals surface area contributed by atoms with Crippen LogP contribution in [0.1, 0.15) is 33.6 Å². The highest BCUT2D eigenvalue weighted by Gasteiger charge is 2.15. The zero-order chi connectivity index (χ0) is 10.3. The Morgan fingerprint density at radius 3 is 2.38 bits per heavy atom. The SMILES string of the molecule is CC(C)C(C)C(=O)NCCCCI. The van der Waals surface area contributed by atoms with Crippen molar-refractivity contribution in [3.8, 4) is 0 Å². The van der Waals surface area contributed by atoms with Crippen molar-refractivity contribution in [2.24, 2.45) is 11.8 Å². The van der Waals surface area contributed by atoms with Crippen molar-refractivity contribution in [2.75, 3.05) is 11.0 Å².